The number of nitrogens with zero attached hydrogens (tertiary/aromatic N) is 1. The fourth-order valence-electron chi connectivity index (χ4n) is 3.23. The van der Waals surface area contributed by atoms with Gasteiger partial charge in [-0.05, 0) is 30.4 Å². The molecule has 1 saturated heterocycles. The Hall–Kier alpha value is -1.39. The van der Waals surface area contributed by atoms with Gasteiger partial charge >= 0.3 is 5.97 Å². The summed E-state index contributed by atoms with van der Waals surface area (Å²) in [6.07, 6.45) is 3.05. The summed E-state index contributed by atoms with van der Waals surface area (Å²) in [6.45, 7) is 1.68. The number of fused-ring (bicyclic) bond motifs is 1. The third kappa shape index (κ3) is 2.51. The second-order valence-corrected chi connectivity index (χ2v) is 5.33. The van der Waals surface area contributed by atoms with Crippen LogP contribution in [-0.2, 0) is 22.4 Å². The molecule has 0 bridgehead atoms. The quantitative estimate of drug-likeness (QED) is 0.872. The molecule has 1 fully saturated rings. The van der Waals surface area contributed by atoms with Crippen molar-refractivity contribution in [1.82, 2.24) is 4.90 Å². The predicted molar refractivity (Wildman–Crippen MR) is 71.2 cm³/mol. The maximum Gasteiger partial charge on any atom is 0.323 e. The minimum atomic E-state index is -0.765. The van der Waals surface area contributed by atoms with Gasteiger partial charge < -0.3 is 9.84 Å². The van der Waals surface area contributed by atoms with Crippen LogP contribution in [-0.4, -0.2) is 47.8 Å². The zero-order chi connectivity index (χ0) is 13.2. The first-order valence-electron chi connectivity index (χ1n) is 6.89. The number of ether oxygens (including phenoxy) is 1. The molecule has 1 aliphatic carbocycles. The third-order valence-electron chi connectivity index (χ3n) is 4.24. The molecule has 1 N–H and O–H groups in total. The zero-order valence-corrected chi connectivity index (χ0v) is 10.9. The molecule has 2 atom stereocenters. The fraction of sp³-hybridized carbons (Fsp3) is 0.533. The van der Waals surface area contributed by atoms with Crippen molar-refractivity contribution in [3.05, 3.63) is 35.4 Å². The van der Waals surface area contributed by atoms with Crippen molar-refractivity contribution in [2.24, 2.45) is 0 Å². The van der Waals surface area contributed by atoms with Gasteiger partial charge in [0.1, 0.15) is 6.04 Å². The van der Waals surface area contributed by atoms with Gasteiger partial charge in [0.05, 0.1) is 13.2 Å². The van der Waals surface area contributed by atoms with E-state index >= 15 is 0 Å². The van der Waals surface area contributed by atoms with Gasteiger partial charge in [-0.15, -0.1) is 0 Å². The summed E-state index contributed by atoms with van der Waals surface area (Å²) in [5, 5.41) is 9.31. The van der Waals surface area contributed by atoms with E-state index in [1.54, 1.807) is 0 Å². The van der Waals surface area contributed by atoms with Crippen LogP contribution in [0.25, 0.3) is 0 Å². The molecule has 19 heavy (non-hydrogen) atoms. The molecule has 0 aromatic heterocycles. The molecule has 1 aliphatic heterocycles. The Labute approximate surface area is 113 Å². The first kappa shape index (κ1) is 12.6. The summed E-state index contributed by atoms with van der Waals surface area (Å²) < 4.78 is 5.31. The van der Waals surface area contributed by atoms with Gasteiger partial charge in [-0.3, -0.25) is 9.69 Å². The molecule has 1 heterocycles. The summed E-state index contributed by atoms with van der Waals surface area (Å²) in [5.74, 6) is -0.765. The van der Waals surface area contributed by atoms with Crippen molar-refractivity contribution in [2.75, 3.05) is 19.8 Å². The van der Waals surface area contributed by atoms with E-state index in [4.69, 9.17) is 4.74 Å². The number of carboxylic acids is 1. The highest BCUT2D eigenvalue weighted by atomic mass is 16.5. The lowest BCUT2D eigenvalue weighted by Crippen LogP contribution is -2.55. The van der Waals surface area contributed by atoms with E-state index in [1.165, 1.54) is 11.1 Å². The summed E-state index contributed by atoms with van der Waals surface area (Å²) >= 11 is 0. The van der Waals surface area contributed by atoms with Gasteiger partial charge in [0.15, 0.2) is 0 Å². The number of aryl methyl sites for hydroxylation is 1. The first-order valence-corrected chi connectivity index (χ1v) is 6.89. The predicted octanol–water partition coefficient (Wildman–Crippen LogP) is 1.33. The van der Waals surface area contributed by atoms with Crippen molar-refractivity contribution in [1.29, 1.82) is 0 Å². The van der Waals surface area contributed by atoms with Crippen molar-refractivity contribution in [3.8, 4) is 0 Å². The number of hydrogen-bond donors (Lipinski definition) is 1. The molecule has 3 rings (SSSR count). The van der Waals surface area contributed by atoms with E-state index in [2.05, 4.69) is 29.2 Å². The molecule has 0 radical (unpaired) electrons. The number of hydrogen-bond acceptors (Lipinski definition) is 3. The Morgan fingerprint density at radius 1 is 1.32 bits per heavy atom. The van der Waals surface area contributed by atoms with Gasteiger partial charge in [-0.2, -0.15) is 0 Å². The van der Waals surface area contributed by atoms with Gasteiger partial charge in [-0.25, -0.2) is 0 Å². The van der Waals surface area contributed by atoms with Crippen LogP contribution in [0.4, 0.5) is 0 Å². The average molecular weight is 261 g/mol. The van der Waals surface area contributed by atoms with E-state index in [0.717, 1.165) is 25.8 Å². The Kier molecular flexibility index (Phi) is 3.53. The molecular weight excluding hydrogens is 242 g/mol. The van der Waals surface area contributed by atoms with Crippen LogP contribution < -0.4 is 0 Å². The lowest BCUT2D eigenvalue weighted by Gasteiger charge is -2.41. The topological polar surface area (TPSA) is 49.8 Å². The monoisotopic (exact) mass is 261 g/mol. The summed E-state index contributed by atoms with van der Waals surface area (Å²) in [4.78, 5) is 13.5. The van der Waals surface area contributed by atoms with Gasteiger partial charge in [-0.1, -0.05) is 24.3 Å². The highest BCUT2D eigenvalue weighted by molar-refractivity contribution is 5.73. The number of benzene rings is 1. The third-order valence-corrected chi connectivity index (χ3v) is 4.24. The lowest BCUT2D eigenvalue weighted by atomic mass is 9.87. The number of carbonyl (C=O) groups is 1. The van der Waals surface area contributed by atoms with Crippen LogP contribution in [0.2, 0.25) is 0 Å². The van der Waals surface area contributed by atoms with Crippen molar-refractivity contribution in [2.45, 2.75) is 31.3 Å². The SMILES string of the molecule is O=C(O)C1COCCN1C1CCc2ccccc2C1. The maximum atomic E-state index is 11.3. The number of morpholine rings is 1. The van der Waals surface area contributed by atoms with Crippen LogP contribution in [0.1, 0.15) is 17.5 Å². The standard InChI is InChI=1S/C15H19NO3/c17-15(18)14-10-19-8-7-16(14)13-6-5-11-3-1-2-4-12(11)9-13/h1-4,13-14H,5-10H2,(H,17,18). The molecule has 1 aromatic rings. The van der Waals surface area contributed by atoms with Crippen molar-refractivity contribution >= 4 is 5.97 Å². The fourth-order valence-corrected chi connectivity index (χ4v) is 3.23. The Bertz CT molecular complexity index is 474. The molecule has 2 aliphatic rings. The maximum absolute atomic E-state index is 11.3. The highest BCUT2D eigenvalue weighted by Gasteiger charge is 2.35. The largest absolute Gasteiger partial charge is 0.480 e. The lowest BCUT2D eigenvalue weighted by molar-refractivity contribution is -0.151. The van der Waals surface area contributed by atoms with E-state index in [0.29, 0.717) is 19.3 Å². The molecule has 4 heteroatoms. The van der Waals surface area contributed by atoms with E-state index < -0.39 is 12.0 Å². The van der Waals surface area contributed by atoms with Gasteiger partial charge in [0.25, 0.3) is 0 Å². The van der Waals surface area contributed by atoms with Crippen LogP contribution in [0.15, 0.2) is 24.3 Å². The normalized spacial score (nSPS) is 27.8. The summed E-state index contributed by atoms with van der Waals surface area (Å²) in [5.41, 5.74) is 2.79. The number of aliphatic carboxylic acids is 1. The first-order chi connectivity index (χ1) is 9.25. The molecule has 1 aromatic carbocycles. The zero-order valence-electron chi connectivity index (χ0n) is 10.9. The molecule has 0 amide bonds. The molecular formula is C15H19NO3. The Morgan fingerprint density at radius 2 is 2.11 bits per heavy atom. The van der Waals surface area contributed by atoms with Crippen molar-refractivity contribution < 1.29 is 14.6 Å². The minimum Gasteiger partial charge on any atom is -0.480 e. The van der Waals surface area contributed by atoms with Crippen LogP contribution >= 0.6 is 0 Å². The summed E-state index contributed by atoms with van der Waals surface area (Å²) in [6, 6.07) is 8.34. The highest BCUT2D eigenvalue weighted by Crippen LogP contribution is 2.26. The van der Waals surface area contributed by atoms with Gasteiger partial charge in [0.2, 0.25) is 0 Å². The number of carboxylic acid groups (broad SMARTS) is 1. The molecule has 0 saturated carbocycles. The van der Waals surface area contributed by atoms with E-state index in [1.807, 2.05) is 0 Å². The average Bonchev–Trinajstić information content (AvgIpc) is 2.46. The van der Waals surface area contributed by atoms with E-state index in [9.17, 15) is 9.90 Å². The molecule has 4 nitrogen and oxygen atoms in total. The summed E-state index contributed by atoms with van der Waals surface area (Å²) in [7, 11) is 0. The number of rotatable bonds is 2. The smallest absolute Gasteiger partial charge is 0.323 e. The van der Waals surface area contributed by atoms with Gasteiger partial charge in [0, 0.05) is 12.6 Å². The van der Waals surface area contributed by atoms with Crippen molar-refractivity contribution in [3.63, 3.8) is 0 Å². The van der Waals surface area contributed by atoms with E-state index in [-0.39, 0.29) is 0 Å². The minimum absolute atomic E-state index is 0.313. The Morgan fingerprint density at radius 3 is 2.89 bits per heavy atom. The Balaban J connectivity index is 1.78. The molecule has 102 valence electrons. The second kappa shape index (κ2) is 5.31. The van der Waals surface area contributed by atoms with Crippen LogP contribution in [0.5, 0.6) is 0 Å². The molecule has 2 unspecified atom stereocenters. The van der Waals surface area contributed by atoms with Crippen LogP contribution in [0.3, 0.4) is 0 Å². The molecule has 0 spiro atoms. The van der Waals surface area contributed by atoms with Crippen LogP contribution in [0, 0.1) is 0 Å². The second-order valence-electron chi connectivity index (χ2n) is 5.33.